The summed E-state index contributed by atoms with van der Waals surface area (Å²) in [7, 11) is 0. The second kappa shape index (κ2) is 7.30. The second-order valence-corrected chi connectivity index (χ2v) is 8.74. The van der Waals surface area contributed by atoms with Crippen molar-refractivity contribution < 1.29 is 22.7 Å². The second-order valence-electron chi connectivity index (χ2n) is 8.11. The van der Waals surface area contributed by atoms with Crippen LogP contribution in [0.1, 0.15) is 28.9 Å². The number of aromatic nitrogens is 3. The summed E-state index contributed by atoms with van der Waals surface area (Å²) in [6.07, 6.45) is -4.05. The molecule has 0 N–H and O–H groups in total. The van der Waals surface area contributed by atoms with Crippen LogP contribution in [0, 0.1) is 6.92 Å². The average molecular weight is 455 g/mol. The van der Waals surface area contributed by atoms with Crippen molar-refractivity contribution in [2.24, 2.45) is 0 Å². The number of hydrogen-bond acceptors (Lipinski definition) is 8. The average Bonchev–Trinajstić information content (AvgIpc) is 3.44. The lowest BCUT2D eigenvalue weighted by Crippen LogP contribution is -2.54. The van der Waals surface area contributed by atoms with Crippen LogP contribution < -0.4 is 15.4 Å². The molecule has 0 aliphatic carbocycles. The van der Waals surface area contributed by atoms with Crippen molar-refractivity contribution in [3.63, 3.8) is 0 Å². The molecule has 2 fully saturated rings. The molecule has 31 heavy (non-hydrogen) atoms. The summed E-state index contributed by atoms with van der Waals surface area (Å²) >= 11 is 1.08. The van der Waals surface area contributed by atoms with Gasteiger partial charge in [0.2, 0.25) is 5.95 Å². The lowest BCUT2D eigenvalue weighted by atomic mass is 10.1. The Hall–Kier alpha value is -2.47. The van der Waals surface area contributed by atoms with Gasteiger partial charge in [0.25, 0.3) is 5.56 Å². The molecular weight excluding hydrogens is 435 g/mol. The number of rotatable bonds is 4. The standard InChI is InChI=1S/C19H20F3N5O3S/c1-10-13(9-31-24-10)14(28)7-27-15(19(20,21)22)2-3-25-17(29)5-16(23-18(25)27)26-6-12-4-11(26)8-30-12/h5,9,11-12,15H,2-4,6-8H2,1H3/t11-,12-,15-/m0/s1. The summed E-state index contributed by atoms with van der Waals surface area (Å²) in [4.78, 5) is 32.9. The van der Waals surface area contributed by atoms with E-state index in [9.17, 15) is 22.8 Å². The number of morpholine rings is 1. The van der Waals surface area contributed by atoms with E-state index in [1.54, 1.807) is 6.92 Å². The fourth-order valence-corrected chi connectivity index (χ4v) is 5.32. The Balaban J connectivity index is 1.55. The molecule has 3 aliphatic heterocycles. The number of carbonyl (C=O) groups is 1. The van der Waals surface area contributed by atoms with Crippen molar-refractivity contribution in [3.8, 4) is 0 Å². The normalized spacial score (nSPS) is 25.2. The van der Waals surface area contributed by atoms with Crippen molar-refractivity contribution in [2.75, 3.05) is 29.5 Å². The van der Waals surface area contributed by atoms with Crippen LogP contribution in [0.2, 0.25) is 0 Å². The summed E-state index contributed by atoms with van der Waals surface area (Å²) < 4.78 is 52.5. The van der Waals surface area contributed by atoms with Crippen molar-refractivity contribution >= 4 is 29.1 Å². The topological polar surface area (TPSA) is 80.6 Å². The van der Waals surface area contributed by atoms with Crippen LogP contribution in [0.25, 0.3) is 0 Å². The SMILES string of the molecule is Cc1nscc1C(=O)CN1c2nc(N3C[C@@H]4C[C@H]3CO4)cc(=O)n2CC[C@H]1C(F)(F)F. The third-order valence-corrected chi connectivity index (χ3v) is 6.89. The van der Waals surface area contributed by atoms with Gasteiger partial charge in [0, 0.05) is 24.5 Å². The monoisotopic (exact) mass is 455 g/mol. The van der Waals surface area contributed by atoms with E-state index >= 15 is 0 Å². The fourth-order valence-electron chi connectivity index (χ4n) is 4.61. The number of nitrogens with zero attached hydrogens (tertiary/aromatic N) is 5. The first-order valence-corrected chi connectivity index (χ1v) is 10.8. The molecule has 3 atom stereocenters. The zero-order valence-corrected chi connectivity index (χ0v) is 17.4. The third kappa shape index (κ3) is 3.51. The van der Waals surface area contributed by atoms with Crippen LogP contribution in [0.3, 0.4) is 0 Å². The zero-order valence-electron chi connectivity index (χ0n) is 16.6. The first-order chi connectivity index (χ1) is 14.7. The molecule has 0 radical (unpaired) electrons. The van der Waals surface area contributed by atoms with Crippen molar-refractivity contribution in [1.29, 1.82) is 0 Å². The van der Waals surface area contributed by atoms with E-state index < -0.39 is 30.1 Å². The highest BCUT2D eigenvalue weighted by atomic mass is 32.1. The number of halogens is 3. The largest absolute Gasteiger partial charge is 0.408 e. The number of carbonyl (C=O) groups excluding carboxylic acids is 1. The van der Waals surface area contributed by atoms with E-state index in [0.29, 0.717) is 24.7 Å². The van der Waals surface area contributed by atoms with E-state index in [2.05, 4.69) is 9.36 Å². The minimum Gasteiger partial charge on any atom is -0.374 e. The Bertz CT molecular complexity index is 1080. The van der Waals surface area contributed by atoms with Crippen LogP contribution in [-0.2, 0) is 11.3 Å². The predicted octanol–water partition coefficient (Wildman–Crippen LogP) is 2.01. The van der Waals surface area contributed by atoms with Crippen molar-refractivity contribution in [1.82, 2.24) is 13.9 Å². The molecular formula is C19H20F3N5O3S. The highest BCUT2D eigenvalue weighted by Gasteiger charge is 2.48. The van der Waals surface area contributed by atoms with Gasteiger partial charge in [0.1, 0.15) is 11.9 Å². The molecule has 0 saturated carbocycles. The first kappa shape index (κ1) is 20.4. The molecule has 0 aromatic carbocycles. The Morgan fingerprint density at radius 2 is 2.19 bits per heavy atom. The van der Waals surface area contributed by atoms with Crippen LogP contribution in [0.5, 0.6) is 0 Å². The molecule has 12 heteroatoms. The molecule has 2 bridgehead atoms. The molecule has 3 aliphatic rings. The molecule has 166 valence electrons. The number of alkyl halides is 3. The van der Waals surface area contributed by atoms with E-state index in [-0.39, 0.29) is 36.6 Å². The van der Waals surface area contributed by atoms with Gasteiger partial charge in [-0.25, -0.2) is 0 Å². The highest BCUT2D eigenvalue weighted by Crippen LogP contribution is 2.36. The third-order valence-electron chi connectivity index (χ3n) is 6.17. The Morgan fingerprint density at radius 1 is 1.39 bits per heavy atom. The maximum atomic E-state index is 13.9. The van der Waals surface area contributed by atoms with Crippen LogP contribution in [0.4, 0.5) is 24.9 Å². The van der Waals surface area contributed by atoms with Gasteiger partial charge in [-0.05, 0) is 31.3 Å². The lowest BCUT2D eigenvalue weighted by molar-refractivity contribution is -0.152. The van der Waals surface area contributed by atoms with E-state index in [4.69, 9.17) is 4.74 Å². The highest BCUT2D eigenvalue weighted by molar-refractivity contribution is 7.04. The number of hydrogen-bond donors (Lipinski definition) is 0. The molecule has 0 spiro atoms. The molecule has 0 unspecified atom stereocenters. The van der Waals surface area contributed by atoms with Crippen molar-refractivity contribution in [3.05, 3.63) is 33.1 Å². The molecule has 5 rings (SSSR count). The quantitative estimate of drug-likeness (QED) is 0.653. The molecule has 2 aromatic heterocycles. The van der Waals surface area contributed by atoms with Gasteiger partial charge in [-0.3, -0.25) is 14.2 Å². The summed E-state index contributed by atoms with van der Waals surface area (Å²) in [6, 6.07) is -0.481. The Morgan fingerprint density at radius 3 is 2.81 bits per heavy atom. The van der Waals surface area contributed by atoms with Gasteiger partial charge in [-0.1, -0.05) is 0 Å². The number of anilines is 2. The van der Waals surface area contributed by atoms with Gasteiger partial charge in [0.15, 0.2) is 5.78 Å². The van der Waals surface area contributed by atoms with Gasteiger partial charge >= 0.3 is 6.18 Å². The number of ketones is 1. The summed E-state index contributed by atoms with van der Waals surface area (Å²) in [6.45, 7) is 2.05. The number of ether oxygens (including phenoxy) is 1. The fraction of sp³-hybridized carbons (Fsp3) is 0.579. The van der Waals surface area contributed by atoms with E-state index in [1.807, 2.05) is 4.90 Å². The number of fused-ring (bicyclic) bond motifs is 3. The maximum Gasteiger partial charge on any atom is 0.408 e. The molecule has 2 saturated heterocycles. The van der Waals surface area contributed by atoms with Crippen LogP contribution in [-0.4, -0.2) is 63.8 Å². The van der Waals surface area contributed by atoms with E-state index in [1.165, 1.54) is 16.0 Å². The van der Waals surface area contributed by atoms with Gasteiger partial charge in [-0.15, -0.1) is 0 Å². The Kier molecular flexibility index (Phi) is 4.81. The number of aryl methyl sites for hydroxylation is 1. The van der Waals surface area contributed by atoms with Gasteiger partial charge in [0.05, 0.1) is 36.6 Å². The molecule has 5 heterocycles. The Labute approximate surface area is 179 Å². The summed E-state index contributed by atoms with van der Waals surface area (Å²) in [5.41, 5.74) is 0.341. The predicted molar refractivity (Wildman–Crippen MR) is 107 cm³/mol. The summed E-state index contributed by atoms with van der Waals surface area (Å²) in [5, 5.41) is 1.53. The van der Waals surface area contributed by atoms with E-state index in [0.717, 1.165) is 22.9 Å². The minimum atomic E-state index is -4.57. The molecule has 0 amide bonds. The molecule has 8 nitrogen and oxygen atoms in total. The first-order valence-electron chi connectivity index (χ1n) is 10.00. The van der Waals surface area contributed by atoms with Crippen LogP contribution >= 0.6 is 11.5 Å². The zero-order chi connectivity index (χ0) is 21.9. The summed E-state index contributed by atoms with van der Waals surface area (Å²) in [5.74, 6) is -0.267. The number of Topliss-reactive ketones (excluding diaryl/α,β-unsaturated/α-hetero) is 1. The molecule has 2 aromatic rings. The smallest absolute Gasteiger partial charge is 0.374 e. The van der Waals surface area contributed by atoms with Gasteiger partial charge in [-0.2, -0.15) is 22.5 Å². The van der Waals surface area contributed by atoms with Crippen LogP contribution in [0.15, 0.2) is 16.2 Å². The maximum absolute atomic E-state index is 13.9. The lowest BCUT2D eigenvalue weighted by Gasteiger charge is -2.39. The minimum absolute atomic E-state index is 0.0419. The van der Waals surface area contributed by atoms with Gasteiger partial charge < -0.3 is 14.5 Å². The van der Waals surface area contributed by atoms with Crippen molar-refractivity contribution in [2.45, 2.75) is 50.7 Å².